The van der Waals surface area contributed by atoms with E-state index in [1.54, 1.807) is 6.92 Å². The van der Waals surface area contributed by atoms with Crippen LogP contribution in [0, 0.1) is 29.6 Å². The Morgan fingerprint density at radius 1 is 0.957 bits per heavy atom. The predicted octanol–water partition coefficient (Wildman–Crippen LogP) is 3.98. The zero-order valence-electron chi connectivity index (χ0n) is 14.1. The van der Waals surface area contributed by atoms with Gasteiger partial charge in [0.2, 0.25) is 11.6 Å². The molecule has 0 atom stereocenters. The summed E-state index contributed by atoms with van der Waals surface area (Å²) < 4.78 is 6.68. The zero-order valence-corrected chi connectivity index (χ0v) is 14.1. The molecule has 0 unspecified atom stereocenters. The number of hydrogen-bond acceptors (Lipinski definition) is 4. The molecule has 1 aliphatic heterocycles. The minimum Gasteiger partial charge on any atom is -0.312 e. The second kappa shape index (κ2) is 5.03. The van der Waals surface area contributed by atoms with E-state index in [9.17, 15) is 4.79 Å². The summed E-state index contributed by atoms with van der Waals surface area (Å²) in [6, 6.07) is 0. The van der Waals surface area contributed by atoms with Gasteiger partial charge in [-0.15, -0.1) is 0 Å². The smallest absolute Gasteiger partial charge is 0.210 e. The molecule has 6 fully saturated rings. The molecular weight excluding hydrogens is 292 g/mol. The molecule has 2 spiro atoms. The van der Waals surface area contributed by atoms with E-state index < -0.39 is 11.6 Å². The predicted molar refractivity (Wildman–Crippen MR) is 83.0 cm³/mol. The van der Waals surface area contributed by atoms with Crippen LogP contribution in [0.2, 0.25) is 0 Å². The Morgan fingerprint density at radius 2 is 1.57 bits per heavy atom. The number of ketones is 1. The molecule has 128 valence electrons. The third kappa shape index (κ3) is 2.25. The van der Waals surface area contributed by atoms with Crippen LogP contribution >= 0.6 is 0 Å². The van der Waals surface area contributed by atoms with Crippen LogP contribution in [0.3, 0.4) is 0 Å². The van der Waals surface area contributed by atoms with Crippen LogP contribution in [0.4, 0.5) is 0 Å². The molecular formula is C19H28O4. The van der Waals surface area contributed by atoms with Gasteiger partial charge < -0.3 is 9.53 Å². The highest BCUT2D eigenvalue weighted by molar-refractivity contribution is 5.75. The van der Waals surface area contributed by atoms with Crippen molar-refractivity contribution in [2.45, 2.75) is 82.7 Å². The van der Waals surface area contributed by atoms with Crippen LogP contribution < -0.4 is 0 Å². The molecule has 23 heavy (non-hydrogen) atoms. The molecule has 6 aliphatic rings. The van der Waals surface area contributed by atoms with E-state index in [0.29, 0.717) is 30.0 Å². The lowest BCUT2D eigenvalue weighted by molar-refractivity contribution is -0.390. The fraction of sp³-hybridized carbons (Fsp3) is 0.947. The minimum absolute atomic E-state index is 0.299. The van der Waals surface area contributed by atoms with E-state index in [-0.39, 0.29) is 0 Å². The summed E-state index contributed by atoms with van der Waals surface area (Å²) in [4.78, 5) is 23.3. The largest absolute Gasteiger partial charge is 0.312 e. The van der Waals surface area contributed by atoms with Gasteiger partial charge in [0.15, 0.2) is 0 Å². The number of carbonyl (C=O) groups excluding carboxylic acids is 1. The van der Waals surface area contributed by atoms with Gasteiger partial charge in [-0.2, -0.15) is 9.78 Å². The Hall–Kier alpha value is -0.450. The molecule has 1 saturated heterocycles. The van der Waals surface area contributed by atoms with Crippen molar-refractivity contribution in [2.75, 3.05) is 0 Å². The second-order valence-corrected chi connectivity index (χ2v) is 9.05. The van der Waals surface area contributed by atoms with E-state index in [1.807, 2.05) is 0 Å². The third-order valence-corrected chi connectivity index (χ3v) is 7.39. The molecule has 5 aliphatic carbocycles. The minimum atomic E-state index is -0.525. The SMILES string of the molecule is CC(=O)CC1CCC2(CC1)OOC1(O2)C2CC3CC(C2)CC1C3. The maximum Gasteiger partial charge on any atom is 0.210 e. The number of rotatable bonds is 2. The van der Waals surface area contributed by atoms with Gasteiger partial charge in [-0.25, -0.2) is 0 Å². The van der Waals surface area contributed by atoms with E-state index in [4.69, 9.17) is 14.5 Å². The molecule has 0 N–H and O–H groups in total. The summed E-state index contributed by atoms with van der Waals surface area (Å²) in [6.07, 6.45) is 11.0. The molecule has 0 aromatic carbocycles. The van der Waals surface area contributed by atoms with E-state index in [0.717, 1.165) is 37.5 Å². The Labute approximate surface area is 138 Å². The molecule has 5 saturated carbocycles. The summed E-state index contributed by atoms with van der Waals surface area (Å²) in [7, 11) is 0. The first-order chi connectivity index (χ1) is 11.1. The summed E-state index contributed by atoms with van der Waals surface area (Å²) >= 11 is 0. The molecule has 1 heterocycles. The molecule has 6 rings (SSSR count). The molecule has 0 radical (unpaired) electrons. The van der Waals surface area contributed by atoms with Crippen molar-refractivity contribution in [1.82, 2.24) is 0 Å². The van der Waals surface area contributed by atoms with Crippen molar-refractivity contribution < 1.29 is 19.3 Å². The van der Waals surface area contributed by atoms with Gasteiger partial charge in [-0.1, -0.05) is 0 Å². The first kappa shape index (κ1) is 14.9. The van der Waals surface area contributed by atoms with Crippen LogP contribution in [-0.2, 0) is 19.3 Å². The number of carbonyl (C=O) groups is 1. The van der Waals surface area contributed by atoms with Gasteiger partial charge in [-0.05, 0) is 69.6 Å². The quantitative estimate of drug-likeness (QED) is 0.722. The van der Waals surface area contributed by atoms with Crippen molar-refractivity contribution in [1.29, 1.82) is 0 Å². The lowest BCUT2D eigenvalue weighted by Gasteiger charge is -2.57. The molecule has 0 amide bonds. The van der Waals surface area contributed by atoms with Crippen molar-refractivity contribution in [3.63, 3.8) is 0 Å². The van der Waals surface area contributed by atoms with Crippen molar-refractivity contribution >= 4 is 5.78 Å². The summed E-state index contributed by atoms with van der Waals surface area (Å²) in [6.45, 7) is 1.69. The molecule has 4 bridgehead atoms. The van der Waals surface area contributed by atoms with E-state index >= 15 is 0 Å². The van der Waals surface area contributed by atoms with Gasteiger partial charge in [0.1, 0.15) is 5.78 Å². The van der Waals surface area contributed by atoms with Crippen LogP contribution in [0.15, 0.2) is 0 Å². The first-order valence-electron chi connectivity index (χ1n) is 9.63. The van der Waals surface area contributed by atoms with Crippen molar-refractivity contribution in [2.24, 2.45) is 29.6 Å². The average Bonchev–Trinajstić information content (AvgIpc) is 2.87. The van der Waals surface area contributed by atoms with Gasteiger partial charge in [0.05, 0.1) is 0 Å². The topological polar surface area (TPSA) is 44.8 Å². The maximum atomic E-state index is 11.3. The number of Topliss-reactive ketones (excluding diaryl/α,β-unsaturated/α-hetero) is 1. The second-order valence-electron chi connectivity index (χ2n) is 9.05. The van der Waals surface area contributed by atoms with Crippen molar-refractivity contribution in [3.8, 4) is 0 Å². The van der Waals surface area contributed by atoms with Crippen LogP contribution in [-0.4, -0.2) is 17.4 Å². The first-order valence-corrected chi connectivity index (χ1v) is 9.63. The highest BCUT2D eigenvalue weighted by atomic mass is 17.3. The zero-order chi connectivity index (χ0) is 15.7. The highest BCUT2D eigenvalue weighted by Gasteiger charge is 2.66. The van der Waals surface area contributed by atoms with Crippen LogP contribution in [0.5, 0.6) is 0 Å². The van der Waals surface area contributed by atoms with Gasteiger partial charge in [0.25, 0.3) is 0 Å². The molecule has 0 aromatic rings. The normalized spacial score (nSPS) is 54.2. The Kier molecular flexibility index (Phi) is 3.25. The fourth-order valence-electron chi connectivity index (χ4n) is 6.52. The molecule has 4 nitrogen and oxygen atoms in total. The third-order valence-electron chi connectivity index (χ3n) is 7.39. The molecule has 4 heteroatoms. The van der Waals surface area contributed by atoms with Gasteiger partial charge in [-0.3, -0.25) is 0 Å². The Morgan fingerprint density at radius 3 is 2.13 bits per heavy atom. The molecule has 0 aromatic heterocycles. The van der Waals surface area contributed by atoms with Crippen molar-refractivity contribution in [3.05, 3.63) is 0 Å². The standard InChI is InChI=1S/C19H28O4/c1-12(20)6-13-2-4-18(5-3-13)21-19(23-22-18)16-8-14-7-15(10-16)11-17(19)9-14/h13-17H,2-11H2,1H3. The van der Waals surface area contributed by atoms with E-state index in [1.165, 1.54) is 32.1 Å². The highest BCUT2D eigenvalue weighted by Crippen LogP contribution is 2.63. The Balaban J connectivity index is 1.31. The summed E-state index contributed by atoms with van der Waals surface area (Å²) in [5.41, 5.74) is 0. The summed E-state index contributed by atoms with van der Waals surface area (Å²) in [5, 5.41) is 0. The lowest BCUT2D eigenvalue weighted by atomic mass is 9.53. The average molecular weight is 320 g/mol. The van der Waals surface area contributed by atoms with Gasteiger partial charge >= 0.3 is 0 Å². The maximum absolute atomic E-state index is 11.3. The van der Waals surface area contributed by atoms with Crippen LogP contribution in [0.25, 0.3) is 0 Å². The summed E-state index contributed by atoms with van der Waals surface area (Å²) in [5.74, 6) is 2.70. The Bertz CT molecular complexity index is 477. The van der Waals surface area contributed by atoms with Gasteiger partial charge in [0, 0.05) is 31.1 Å². The van der Waals surface area contributed by atoms with E-state index in [2.05, 4.69) is 0 Å². The fourth-order valence-corrected chi connectivity index (χ4v) is 6.52. The number of hydrogen-bond donors (Lipinski definition) is 0. The monoisotopic (exact) mass is 320 g/mol. The number of ether oxygens (including phenoxy) is 1. The lowest BCUT2D eigenvalue weighted by Crippen LogP contribution is -2.59. The van der Waals surface area contributed by atoms with Crippen LogP contribution in [0.1, 0.15) is 71.1 Å².